The molecule has 0 aliphatic rings. The van der Waals surface area contributed by atoms with Gasteiger partial charge in [-0.1, -0.05) is 13.0 Å². The molecule has 0 atom stereocenters. The fraction of sp³-hybridized carbons (Fsp3) is 0.500. The quantitative estimate of drug-likeness (QED) is 0.645. The number of hydrogen-bond acceptors (Lipinski definition) is 0. The highest BCUT2D eigenvalue weighted by Gasteiger charge is 2.07. The fourth-order valence-electron chi connectivity index (χ4n) is 2.07. The van der Waals surface area contributed by atoms with Gasteiger partial charge in [0.15, 0.2) is 0 Å². The molecule has 0 N–H and O–H groups in total. The number of benzene rings is 1. The standard InChI is InChI=1S/C16H22/c1-6-7-8-9-10-16-14(4)12(2)11-13(3)15(16)5/h11H,6,9-10H2,1-5H3. The van der Waals surface area contributed by atoms with Crippen LogP contribution in [-0.2, 0) is 6.42 Å². The SMILES string of the molecule is CCC#CCCc1c(C)c(C)cc(C)c1C. The molecule has 1 aromatic carbocycles. The van der Waals surface area contributed by atoms with Crippen molar-refractivity contribution in [1.82, 2.24) is 0 Å². The fourth-order valence-corrected chi connectivity index (χ4v) is 2.07. The molecule has 0 aromatic heterocycles. The lowest BCUT2D eigenvalue weighted by Gasteiger charge is -2.14. The van der Waals surface area contributed by atoms with Crippen LogP contribution in [0.4, 0.5) is 0 Å². The van der Waals surface area contributed by atoms with Crippen molar-refractivity contribution in [2.45, 2.75) is 53.9 Å². The minimum Gasteiger partial charge on any atom is -0.104 e. The Bertz CT molecular complexity index is 401. The topological polar surface area (TPSA) is 0 Å². The van der Waals surface area contributed by atoms with Gasteiger partial charge in [-0.25, -0.2) is 0 Å². The first-order valence-electron chi connectivity index (χ1n) is 6.10. The lowest BCUT2D eigenvalue weighted by Crippen LogP contribution is -1.99. The van der Waals surface area contributed by atoms with Crippen molar-refractivity contribution in [3.8, 4) is 11.8 Å². The smallest absolute Gasteiger partial charge is 0.0129 e. The van der Waals surface area contributed by atoms with Crippen LogP contribution in [0, 0.1) is 39.5 Å². The molecule has 0 saturated heterocycles. The average Bonchev–Trinajstić information content (AvgIpc) is 2.25. The third kappa shape index (κ3) is 2.89. The summed E-state index contributed by atoms with van der Waals surface area (Å²) in [4.78, 5) is 0. The van der Waals surface area contributed by atoms with Crippen LogP contribution in [0.3, 0.4) is 0 Å². The van der Waals surface area contributed by atoms with Gasteiger partial charge >= 0.3 is 0 Å². The van der Waals surface area contributed by atoms with Crippen molar-refractivity contribution < 1.29 is 0 Å². The maximum absolute atomic E-state index is 3.23. The largest absolute Gasteiger partial charge is 0.104 e. The van der Waals surface area contributed by atoms with Crippen LogP contribution < -0.4 is 0 Å². The minimum absolute atomic E-state index is 0.963. The highest BCUT2D eigenvalue weighted by atomic mass is 14.1. The van der Waals surface area contributed by atoms with Gasteiger partial charge in [0.2, 0.25) is 0 Å². The Morgan fingerprint density at radius 3 is 2.00 bits per heavy atom. The maximum atomic E-state index is 3.23. The summed E-state index contributed by atoms with van der Waals surface area (Å²) in [6.07, 6.45) is 3.04. The lowest BCUT2D eigenvalue weighted by molar-refractivity contribution is 0.978. The molecule has 16 heavy (non-hydrogen) atoms. The summed E-state index contributed by atoms with van der Waals surface area (Å²) in [5.74, 6) is 6.36. The summed E-state index contributed by atoms with van der Waals surface area (Å²) >= 11 is 0. The van der Waals surface area contributed by atoms with Gasteiger partial charge in [0.05, 0.1) is 0 Å². The summed E-state index contributed by atoms with van der Waals surface area (Å²) in [5, 5.41) is 0. The van der Waals surface area contributed by atoms with E-state index in [1.54, 1.807) is 0 Å². The zero-order chi connectivity index (χ0) is 12.1. The molecule has 0 aliphatic heterocycles. The summed E-state index contributed by atoms with van der Waals surface area (Å²) in [5.41, 5.74) is 7.20. The first-order valence-corrected chi connectivity index (χ1v) is 6.10. The van der Waals surface area contributed by atoms with E-state index in [0.717, 1.165) is 19.3 Å². The molecule has 86 valence electrons. The average molecular weight is 214 g/mol. The predicted octanol–water partition coefficient (Wildman–Crippen LogP) is 4.27. The van der Waals surface area contributed by atoms with E-state index in [4.69, 9.17) is 0 Å². The number of aryl methyl sites for hydroxylation is 2. The number of hydrogen-bond donors (Lipinski definition) is 0. The van der Waals surface area contributed by atoms with E-state index < -0.39 is 0 Å². The molecule has 0 nitrogen and oxygen atoms in total. The predicted molar refractivity (Wildman–Crippen MR) is 71.8 cm³/mol. The van der Waals surface area contributed by atoms with Crippen LogP contribution in [0.25, 0.3) is 0 Å². The molecule has 0 fully saturated rings. The second kappa shape index (κ2) is 5.75. The summed E-state index contributed by atoms with van der Waals surface area (Å²) in [7, 11) is 0. The van der Waals surface area contributed by atoms with Crippen LogP contribution in [0.1, 0.15) is 47.6 Å². The van der Waals surface area contributed by atoms with Crippen LogP contribution in [0.2, 0.25) is 0 Å². The Balaban J connectivity index is 2.94. The van der Waals surface area contributed by atoms with E-state index in [9.17, 15) is 0 Å². The van der Waals surface area contributed by atoms with Crippen LogP contribution in [-0.4, -0.2) is 0 Å². The second-order valence-electron chi connectivity index (χ2n) is 4.45. The van der Waals surface area contributed by atoms with Gasteiger partial charge in [-0.15, -0.1) is 11.8 Å². The zero-order valence-corrected chi connectivity index (χ0v) is 11.2. The van der Waals surface area contributed by atoms with E-state index in [-0.39, 0.29) is 0 Å². The van der Waals surface area contributed by atoms with E-state index >= 15 is 0 Å². The molecular formula is C16H22. The second-order valence-corrected chi connectivity index (χ2v) is 4.45. The molecule has 0 amide bonds. The Morgan fingerprint density at radius 2 is 1.50 bits per heavy atom. The van der Waals surface area contributed by atoms with Gasteiger partial charge in [-0.3, -0.25) is 0 Å². The molecule has 0 spiro atoms. The molecular weight excluding hydrogens is 192 g/mol. The van der Waals surface area contributed by atoms with Gasteiger partial charge in [-0.2, -0.15) is 0 Å². The van der Waals surface area contributed by atoms with Crippen molar-refractivity contribution in [1.29, 1.82) is 0 Å². The van der Waals surface area contributed by atoms with Gasteiger partial charge in [0.1, 0.15) is 0 Å². The molecule has 0 aliphatic carbocycles. The Morgan fingerprint density at radius 1 is 0.938 bits per heavy atom. The van der Waals surface area contributed by atoms with E-state index in [0.29, 0.717) is 0 Å². The minimum atomic E-state index is 0.963. The van der Waals surface area contributed by atoms with Crippen LogP contribution in [0.5, 0.6) is 0 Å². The Hall–Kier alpha value is -1.22. The van der Waals surface area contributed by atoms with Gasteiger partial charge in [0.25, 0.3) is 0 Å². The zero-order valence-electron chi connectivity index (χ0n) is 11.2. The molecule has 0 heteroatoms. The van der Waals surface area contributed by atoms with Crippen molar-refractivity contribution >= 4 is 0 Å². The van der Waals surface area contributed by atoms with Gasteiger partial charge in [-0.05, 0) is 61.9 Å². The van der Waals surface area contributed by atoms with Crippen molar-refractivity contribution in [3.05, 3.63) is 33.9 Å². The van der Waals surface area contributed by atoms with E-state index in [2.05, 4.69) is 52.5 Å². The van der Waals surface area contributed by atoms with Crippen LogP contribution >= 0.6 is 0 Å². The first-order chi connectivity index (χ1) is 7.57. The molecule has 0 heterocycles. The normalized spacial score (nSPS) is 9.81. The molecule has 0 bridgehead atoms. The molecule has 0 radical (unpaired) electrons. The summed E-state index contributed by atoms with van der Waals surface area (Å²) in [6.45, 7) is 10.9. The monoisotopic (exact) mass is 214 g/mol. The highest BCUT2D eigenvalue weighted by molar-refractivity contribution is 5.44. The van der Waals surface area contributed by atoms with Gasteiger partial charge < -0.3 is 0 Å². The molecule has 1 aromatic rings. The van der Waals surface area contributed by atoms with E-state index in [1.165, 1.54) is 27.8 Å². The van der Waals surface area contributed by atoms with Crippen molar-refractivity contribution in [2.75, 3.05) is 0 Å². The summed E-state index contributed by atoms with van der Waals surface area (Å²) in [6, 6.07) is 2.28. The maximum Gasteiger partial charge on any atom is 0.0129 e. The van der Waals surface area contributed by atoms with E-state index in [1.807, 2.05) is 0 Å². The Kier molecular flexibility index (Phi) is 4.62. The molecule has 0 saturated carbocycles. The third-order valence-corrected chi connectivity index (χ3v) is 3.32. The number of rotatable bonds is 2. The molecule has 1 rings (SSSR count). The van der Waals surface area contributed by atoms with Crippen molar-refractivity contribution in [3.63, 3.8) is 0 Å². The summed E-state index contributed by atoms with van der Waals surface area (Å²) < 4.78 is 0. The van der Waals surface area contributed by atoms with Crippen LogP contribution in [0.15, 0.2) is 6.07 Å². The first kappa shape index (κ1) is 12.8. The Labute approximate surface area is 100 Å². The third-order valence-electron chi connectivity index (χ3n) is 3.32. The van der Waals surface area contributed by atoms with Gasteiger partial charge in [0, 0.05) is 12.8 Å². The van der Waals surface area contributed by atoms with Crippen molar-refractivity contribution in [2.24, 2.45) is 0 Å². The molecule has 0 unspecified atom stereocenters. The highest BCUT2D eigenvalue weighted by Crippen LogP contribution is 2.22. The lowest BCUT2D eigenvalue weighted by atomic mass is 9.91.